The van der Waals surface area contributed by atoms with Crippen molar-refractivity contribution in [1.29, 1.82) is 0 Å². The Kier molecular flexibility index (Phi) is 37.3. The van der Waals surface area contributed by atoms with Gasteiger partial charge in [-0.2, -0.15) is 0 Å². The molecule has 133 heavy (non-hydrogen) atoms. The van der Waals surface area contributed by atoms with Crippen molar-refractivity contribution in [2.45, 2.75) is 234 Å². The zero-order valence-corrected chi connectivity index (χ0v) is 75.8. The van der Waals surface area contributed by atoms with Gasteiger partial charge < -0.3 is 120 Å². The van der Waals surface area contributed by atoms with E-state index in [1.54, 1.807) is 60.9 Å². The van der Waals surface area contributed by atoms with Gasteiger partial charge in [-0.1, -0.05) is 88.1 Å². The van der Waals surface area contributed by atoms with Crippen molar-refractivity contribution >= 4 is 140 Å². The number of nitrogens with zero attached hydrogens (tertiary/aromatic N) is 5. The van der Waals surface area contributed by atoms with Crippen LogP contribution in [0.25, 0.3) is 21.8 Å². The quantitative estimate of drug-likeness (QED) is 0.0357. The maximum absolute atomic E-state index is 15.7. The van der Waals surface area contributed by atoms with E-state index in [0.29, 0.717) is 69.9 Å². The number of carbonyl (C=O) groups excluding carboxylic acids is 18. The molecule has 4 saturated heterocycles. The monoisotopic (exact) mass is 1860 g/mol. The van der Waals surface area contributed by atoms with E-state index < -0.39 is 254 Å². The van der Waals surface area contributed by atoms with Crippen LogP contribution in [-0.2, 0) is 112 Å². The summed E-state index contributed by atoms with van der Waals surface area (Å²) in [7, 11) is 2.65. The maximum atomic E-state index is 15.7. The number of unbranched alkanes of at least 4 members (excludes halogenated alkanes) is 2. The first-order valence-electron chi connectivity index (χ1n) is 44.9. The number of Topliss-reactive ketones (excluding diaryl/α,β-unsaturated/α-hetero) is 1. The average Bonchev–Trinajstić information content (AvgIpc) is 1.51. The third kappa shape index (κ3) is 28.1. The van der Waals surface area contributed by atoms with Gasteiger partial charge in [-0.15, -0.1) is 11.8 Å². The molecule has 0 aliphatic carbocycles. The molecule has 10 rings (SSSR count). The number of nitrogens with two attached hydrogens (primary N) is 2. The summed E-state index contributed by atoms with van der Waals surface area (Å²) in [4.78, 5) is 282. The molecular formula is C90H121N21O21S. The lowest BCUT2D eigenvalue weighted by atomic mass is 9.90. The van der Waals surface area contributed by atoms with E-state index in [-0.39, 0.29) is 95.9 Å². The molecule has 43 heteroatoms. The SMILES string of the molecule is CCCC[C@H]1C(=O)N(C)[C@@H](CCCC)C(=O)N[C@@H](CCC(N)=O)C(=O)N[C@H](C(=O)NCC(N)=O)CSCC(=O)N[C@@H](Cc2ccc(O)cc2)C(=O)N[C@H](C)C(=O)N[C@H]2CC(=O)NCCCC[C@H](NC(=O)[C@H](Cc3cnc[nH]3)NC(=O)[C@@H]3CCCN3C2=O)C(=O)N2C[C@H](O)C[C@H]2C(=O)C[C@@H](Cc2c[nH]c3ccccc23)C(=O)N[C@@H](CO)C(=O)N[C@@H](Cc2c[nH]c3ccccc23)C(=O)N1C. The second-order valence-electron chi connectivity index (χ2n) is 34.2. The van der Waals surface area contributed by atoms with Gasteiger partial charge in [0.2, 0.25) is 100 Å². The van der Waals surface area contributed by atoms with E-state index in [2.05, 4.69) is 78.4 Å². The van der Waals surface area contributed by atoms with Crippen LogP contribution >= 0.6 is 11.8 Å². The summed E-state index contributed by atoms with van der Waals surface area (Å²) in [5.74, 6) is -19.2. The molecule has 0 spiro atoms. The number of aliphatic hydroxyl groups is 2. The summed E-state index contributed by atoms with van der Waals surface area (Å²) in [6.45, 7) is 2.40. The molecule has 21 N–H and O–H groups in total. The summed E-state index contributed by atoms with van der Waals surface area (Å²) in [6, 6.07) is -0.670. The van der Waals surface area contributed by atoms with Crippen LogP contribution in [0.15, 0.2) is 97.7 Å². The van der Waals surface area contributed by atoms with Crippen LogP contribution in [0.2, 0.25) is 0 Å². The van der Waals surface area contributed by atoms with Crippen molar-refractivity contribution in [2.75, 3.05) is 58.4 Å². The number of aliphatic hydroxyl groups excluding tert-OH is 2. The first-order chi connectivity index (χ1) is 63.6. The fraction of sp³-hybridized carbons (Fsp3) is 0.522. The Hall–Kier alpha value is -13.3. The minimum absolute atomic E-state index is 0.0118. The van der Waals surface area contributed by atoms with Crippen LogP contribution in [0.1, 0.15) is 146 Å². The molecule has 7 heterocycles. The Balaban J connectivity index is 1.03. The molecule has 42 nitrogen and oxygen atoms in total. The molecule has 4 aliphatic heterocycles. The molecule has 6 aromatic rings. The van der Waals surface area contributed by atoms with Gasteiger partial charge in [-0.25, -0.2) is 4.98 Å². The van der Waals surface area contributed by atoms with Crippen LogP contribution in [0, 0.1) is 5.92 Å². The van der Waals surface area contributed by atoms with Crippen molar-refractivity contribution in [1.82, 2.24) is 98.0 Å². The van der Waals surface area contributed by atoms with Gasteiger partial charge in [0.05, 0.1) is 43.8 Å². The van der Waals surface area contributed by atoms with Crippen molar-refractivity contribution in [2.24, 2.45) is 17.4 Å². The number of aromatic hydroxyl groups is 1. The fourth-order valence-electron chi connectivity index (χ4n) is 16.9. The number of aromatic amines is 3. The van der Waals surface area contributed by atoms with Crippen LogP contribution < -0.4 is 70.0 Å². The zero-order chi connectivity index (χ0) is 96.3. The molecule has 2 bridgehead atoms. The van der Waals surface area contributed by atoms with E-state index >= 15 is 43.2 Å². The van der Waals surface area contributed by atoms with E-state index in [0.717, 1.165) is 31.4 Å². The number of hydrogen-bond acceptors (Lipinski definition) is 23. The number of fused-ring (bicyclic) bond motifs is 12. The number of hydrogen-bond donors (Lipinski definition) is 19. The second kappa shape index (κ2) is 48.7. The van der Waals surface area contributed by atoms with Gasteiger partial charge in [0.15, 0.2) is 5.78 Å². The zero-order valence-electron chi connectivity index (χ0n) is 75.0. The largest absolute Gasteiger partial charge is 0.508 e. The third-order valence-electron chi connectivity index (χ3n) is 24.3. The Morgan fingerprint density at radius 2 is 1.15 bits per heavy atom. The van der Waals surface area contributed by atoms with E-state index in [1.807, 2.05) is 13.8 Å². The average molecular weight is 1870 g/mol. The Labute approximate surface area is 771 Å². The lowest BCUT2D eigenvalue weighted by Crippen LogP contribution is -2.61. The first-order valence-corrected chi connectivity index (χ1v) is 46.0. The normalized spacial score (nSPS) is 25.7. The number of aromatic nitrogens is 4. The number of rotatable bonds is 21. The number of phenolic OH excluding ortho intramolecular Hbond substituents is 1. The highest BCUT2D eigenvalue weighted by molar-refractivity contribution is 8.00. The van der Waals surface area contributed by atoms with E-state index in [9.17, 15) is 58.5 Å². The number of amides is 17. The summed E-state index contributed by atoms with van der Waals surface area (Å²) in [6.07, 6.45) is 2.49. The lowest BCUT2D eigenvalue weighted by Gasteiger charge is -2.36. The summed E-state index contributed by atoms with van der Waals surface area (Å²) in [5, 5.41) is 63.2. The van der Waals surface area contributed by atoms with Gasteiger partial charge >= 0.3 is 0 Å². The number of para-hydroxylation sites is 2. The standard InChI is InChI=1S/C90H121N21O21S/c1-6-8-22-69-85(127)101-61(29-30-74(91)116)81(123)107-68(80(122)97-43-75(92)117)46-133-47-77(119)100-63(33-50-25-27-55(113)28-26-50)82(124)99-49(3)78(120)104-66-39-76(118)94-31-15-14-21-62(102-83(125)64(37-54-42-93-48-98-54)103-86(128)70-24-16-32-110(70)89(66)131)88(130)111-44-56(114)38-72(111)73(115)36-51(34-52-40-95-59-19-12-10-17-57(52)59)79(121)106-67(45-112)84(126)105-65(35-53-41-96-60-20-13-11-18-58(53)60)87(129)109(5)71(23-9-7-2)90(132)108(69)4/h10-13,17-20,25-28,40-42,48-49,51,56,61-72,95-96,112-114H,6-9,14-16,21-24,29-39,43-47H2,1-5H3,(H2,91,116)(H2,92,117)(H,93,98)(H,94,118)(H,97,122)(H,99,124)(H,100,119)(H,101,127)(H,102,125)(H,103,128)(H,104,120)(H,105,126)(H,106,121)(H,107,123)/t49-,51-,56-,61+,62+,63+,64+,65+,66+,67+,68+,69+,70+,71+,72+/m1/s1. The molecule has 3 aromatic carbocycles. The lowest BCUT2D eigenvalue weighted by molar-refractivity contribution is -0.149. The van der Waals surface area contributed by atoms with Crippen molar-refractivity contribution < 1.29 is 102 Å². The number of carbonyl (C=O) groups is 18. The fourth-order valence-corrected chi connectivity index (χ4v) is 17.8. The third-order valence-corrected chi connectivity index (χ3v) is 25.3. The molecule has 3 aromatic heterocycles. The van der Waals surface area contributed by atoms with E-state index in [4.69, 9.17) is 11.5 Å². The molecule has 17 amide bonds. The van der Waals surface area contributed by atoms with Gasteiger partial charge in [0.25, 0.3) is 0 Å². The van der Waals surface area contributed by atoms with Crippen LogP contribution in [0.3, 0.4) is 0 Å². The van der Waals surface area contributed by atoms with Gasteiger partial charge in [-0.05, 0) is 106 Å². The summed E-state index contributed by atoms with van der Waals surface area (Å²) in [5.41, 5.74) is 14.1. The minimum atomic E-state index is -1.87. The summed E-state index contributed by atoms with van der Waals surface area (Å²) >= 11 is 0.732. The Morgan fingerprint density at radius 3 is 1.80 bits per heavy atom. The number of nitrogens with one attached hydrogen (secondary N) is 14. The van der Waals surface area contributed by atoms with Crippen LogP contribution in [0.5, 0.6) is 5.75 Å². The molecule has 0 unspecified atom stereocenters. The molecule has 0 radical (unpaired) electrons. The number of likely N-dealkylation sites (N-methyl/N-ethyl adjacent to an activating group) is 2. The van der Waals surface area contributed by atoms with Crippen LogP contribution in [-0.4, -0.2) is 304 Å². The van der Waals surface area contributed by atoms with E-state index in [1.165, 1.54) is 57.8 Å². The molecular weight excluding hydrogens is 1740 g/mol. The molecule has 0 saturated carbocycles. The van der Waals surface area contributed by atoms with Gasteiger partial charge in [0.1, 0.15) is 78.3 Å². The highest BCUT2D eigenvalue weighted by Gasteiger charge is 2.47. The van der Waals surface area contributed by atoms with Gasteiger partial charge in [0, 0.05) is 130 Å². The predicted octanol–water partition coefficient (Wildman–Crippen LogP) is -2.41. The topological polar surface area (TPSA) is 626 Å². The highest BCUT2D eigenvalue weighted by Crippen LogP contribution is 2.30. The van der Waals surface area contributed by atoms with Gasteiger partial charge in [-0.3, -0.25) is 86.3 Å². The number of ketones is 1. The number of H-pyrrole nitrogens is 3. The van der Waals surface area contributed by atoms with Crippen molar-refractivity contribution in [3.8, 4) is 5.75 Å². The van der Waals surface area contributed by atoms with Crippen molar-refractivity contribution in [3.63, 3.8) is 0 Å². The second-order valence-corrected chi connectivity index (χ2v) is 35.2. The van der Waals surface area contributed by atoms with Crippen molar-refractivity contribution in [3.05, 3.63) is 120 Å². The summed E-state index contributed by atoms with van der Waals surface area (Å²) < 4.78 is 0. The number of thioether (sulfide) groups is 1. The molecule has 718 valence electrons. The minimum Gasteiger partial charge on any atom is -0.508 e. The molecule has 4 aliphatic rings. The smallest absolute Gasteiger partial charge is 0.246 e. The Bertz CT molecular complexity index is 5180. The first kappa shape index (κ1) is 102. The Morgan fingerprint density at radius 1 is 0.549 bits per heavy atom. The molecule has 15 atom stereocenters. The number of imidazole rings is 1. The van der Waals surface area contributed by atoms with Crippen LogP contribution in [0.4, 0.5) is 0 Å². The molecule has 4 fully saturated rings. The number of primary amides is 2. The highest BCUT2D eigenvalue weighted by atomic mass is 32.2. The number of phenols is 1. The number of benzene rings is 3. The maximum Gasteiger partial charge on any atom is 0.246 e. The predicted molar refractivity (Wildman–Crippen MR) is 484 cm³/mol.